The monoisotopic (exact) mass is 722 g/mol. The first kappa shape index (κ1) is 37.6. The zero-order valence-corrected chi connectivity index (χ0v) is 29.8. The van der Waals surface area contributed by atoms with Gasteiger partial charge in [0.1, 0.15) is 0 Å². The molecule has 0 saturated carbocycles. The Bertz CT molecular complexity index is 1840. The van der Waals surface area contributed by atoms with Crippen LogP contribution in [0.2, 0.25) is 0 Å². The van der Waals surface area contributed by atoms with Crippen LogP contribution in [0, 0.1) is 16.0 Å². The Morgan fingerprint density at radius 3 is 2.21 bits per heavy atom. The third-order valence-corrected chi connectivity index (χ3v) is 10.1. The highest BCUT2D eigenvalue weighted by molar-refractivity contribution is 5.77. The number of benzene rings is 4. The number of nitro groups is 1. The van der Waals surface area contributed by atoms with E-state index in [-0.39, 0.29) is 54.1 Å². The molecule has 0 unspecified atom stereocenters. The molecule has 2 aliphatic heterocycles. The fourth-order valence-electron chi connectivity index (χ4n) is 7.01. The molecule has 1 amide bonds. The molecule has 53 heavy (non-hydrogen) atoms. The van der Waals surface area contributed by atoms with E-state index >= 15 is 0 Å². The predicted octanol–water partition coefficient (Wildman–Crippen LogP) is 6.24. The van der Waals surface area contributed by atoms with Gasteiger partial charge in [-0.2, -0.15) is 0 Å². The van der Waals surface area contributed by atoms with Gasteiger partial charge in [-0.15, -0.1) is 0 Å². The van der Waals surface area contributed by atoms with Crippen molar-refractivity contribution in [3.63, 3.8) is 0 Å². The number of amides is 1. The maximum atomic E-state index is 12.3. The summed E-state index contributed by atoms with van der Waals surface area (Å²) in [5, 5.41) is 32.5. The molecule has 6 rings (SSSR count). The van der Waals surface area contributed by atoms with Crippen LogP contribution in [0.1, 0.15) is 60.8 Å². The highest BCUT2D eigenvalue weighted by Crippen LogP contribution is 2.42. The average Bonchev–Trinajstić information content (AvgIpc) is 3.18. The van der Waals surface area contributed by atoms with Crippen molar-refractivity contribution < 1.29 is 34.2 Å². The number of hydrogen-bond donors (Lipinski definition) is 3. The quantitative estimate of drug-likeness (QED) is 0.101. The summed E-state index contributed by atoms with van der Waals surface area (Å²) in [6.07, 6.45) is -0.576. The number of anilines is 1. The summed E-state index contributed by atoms with van der Waals surface area (Å²) < 4.78 is 13.4. The number of aliphatic hydroxyl groups excluding tert-OH is 1. The van der Waals surface area contributed by atoms with E-state index in [0.717, 1.165) is 65.2 Å². The van der Waals surface area contributed by atoms with Gasteiger partial charge in [-0.05, 0) is 46.4 Å². The zero-order valence-electron chi connectivity index (χ0n) is 29.8. The summed E-state index contributed by atoms with van der Waals surface area (Å²) >= 11 is 0. The number of aliphatic hydroxyl groups is 1. The topological polar surface area (TPSA) is 155 Å². The van der Waals surface area contributed by atoms with Crippen LogP contribution in [0.15, 0.2) is 97.1 Å². The molecular weight excluding hydrogens is 676 g/mol. The second-order valence-corrected chi connectivity index (χ2v) is 13.7. The minimum atomic E-state index is -0.912. The summed E-state index contributed by atoms with van der Waals surface area (Å²) in [5.74, 6) is -1.06. The van der Waals surface area contributed by atoms with Crippen molar-refractivity contribution in [2.75, 3.05) is 37.6 Å². The number of nitrogens with zero attached hydrogens (tertiary/aromatic N) is 3. The van der Waals surface area contributed by atoms with E-state index in [1.165, 1.54) is 0 Å². The number of ether oxygens (including phenoxy) is 2. The lowest BCUT2D eigenvalue weighted by molar-refractivity contribution is -0.384. The van der Waals surface area contributed by atoms with Crippen molar-refractivity contribution in [2.24, 2.45) is 5.92 Å². The molecule has 12 heteroatoms. The first-order chi connectivity index (χ1) is 25.7. The molecule has 2 saturated heterocycles. The van der Waals surface area contributed by atoms with E-state index in [0.29, 0.717) is 19.5 Å². The molecule has 278 valence electrons. The smallest absolute Gasteiger partial charge is 0.303 e. The van der Waals surface area contributed by atoms with Gasteiger partial charge in [-0.25, -0.2) is 0 Å². The largest absolute Gasteiger partial charge is 0.481 e. The lowest BCUT2D eigenvalue weighted by Gasteiger charge is -2.44. The summed E-state index contributed by atoms with van der Waals surface area (Å²) in [6.45, 7) is 6.40. The normalized spacial score (nSPS) is 20.5. The van der Waals surface area contributed by atoms with E-state index in [2.05, 4.69) is 22.0 Å². The van der Waals surface area contributed by atoms with E-state index in [1.807, 2.05) is 84.9 Å². The van der Waals surface area contributed by atoms with Crippen LogP contribution >= 0.6 is 0 Å². The van der Waals surface area contributed by atoms with Crippen molar-refractivity contribution in [3.8, 4) is 11.1 Å². The second kappa shape index (κ2) is 17.6. The van der Waals surface area contributed by atoms with Gasteiger partial charge in [0.15, 0.2) is 6.29 Å². The predicted molar refractivity (Wildman–Crippen MR) is 200 cm³/mol. The van der Waals surface area contributed by atoms with Crippen LogP contribution in [-0.2, 0) is 32.2 Å². The number of hydrogen-bond acceptors (Lipinski definition) is 9. The number of carbonyl (C=O) groups is 2. The first-order valence-corrected chi connectivity index (χ1v) is 18.1. The van der Waals surface area contributed by atoms with Crippen LogP contribution in [0.3, 0.4) is 0 Å². The van der Waals surface area contributed by atoms with Gasteiger partial charge < -0.3 is 29.9 Å². The highest BCUT2D eigenvalue weighted by atomic mass is 16.7. The van der Waals surface area contributed by atoms with Gasteiger partial charge in [0, 0.05) is 81.4 Å². The van der Waals surface area contributed by atoms with Crippen LogP contribution in [0.4, 0.5) is 11.4 Å². The lowest BCUT2D eigenvalue weighted by Crippen LogP contribution is -2.51. The number of aliphatic carboxylic acids is 1. The highest BCUT2D eigenvalue weighted by Gasteiger charge is 2.39. The maximum absolute atomic E-state index is 12.3. The number of nitrogens with one attached hydrogen (secondary N) is 1. The molecule has 0 bridgehead atoms. The molecule has 0 aliphatic carbocycles. The van der Waals surface area contributed by atoms with Crippen LogP contribution in [0.5, 0.6) is 0 Å². The van der Waals surface area contributed by atoms with Gasteiger partial charge in [0.05, 0.1) is 23.7 Å². The molecule has 0 spiro atoms. The molecule has 0 radical (unpaired) electrons. The Balaban J connectivity index is 1.15. The van der Waals surface area contributed by atoms with Crippen molar-refractivity contribution in [2.45, 2.75) is 57.8 Å². The van der Waals surface area contributed by atoms with Gasteiger partial charge in [-0.1, -0.05) is 79.7 Å². The third-order valence-electron chi connectivity index (χ3n) is 10.1. The molecule has 4 aromatic rings. The Morgan fingerprint density at radius 1 is 0.868 bits per heavy atom. The number of carboxylic acids is 1. The molecule has 2 aliphatic rings. The average molecular weight is 723 g/mol. The molecule has 4 atom stereocenters. The molecule has 3 N–H and O–H groups in total. The number of carbonyl (C=O) groups excluding carboxylic acids is 1. The minimum absolute atomic E-state index is 0.0315. The van der Waals surface area contributed by atoms with Gasteiger partial charge >= 0.3 is 5.97 Å². The fourth-order valence-corrected chi connectivity index (χ4v) is 7.01. The molecule has 4 aromatic carbocycles. The van der Waals surface area contributed by atoms with Crippen molar-refractivity contribution in [3.05, 3.63) is 129 Å². The third kappa shape index (κ3) is 9.65. The Labute approximate surface area is 309 Å². The van der Waals surface area contributed by atoms with Crippen molar-refractivity contribution in [1.82, 2.24) is 10.2 Å². The van der Waals surface area contributed by atoms with Crippen molar-refractivity contribution >= 4 is 23.3 Å². The Hall–Kier alpha value is -5.14. The van der Waals surface area contributed by atoms with Crippen LogP contribution < -0.4 is 10.2 Å². The number of carboxylic acid groups (broad SMARTS) is 1. The van der Waals surface area contributed by atoms with Crippen LogP contribution in [0.25, 0.3) is 11.1 Å². The number of rotatable bonds is 14. The minimum Gasteiger partial charge on any atom is -0.481 e. The van der Waals surface area contributed by atoms with Gasteiger partial charge in [0.2, 0.25) is 5.91 Å². The lowest BCUT2D eigenvalue weighted by atomic mass is 9.89. The van der Waals surface area contributed by atoms with Gasteiger partial charge in [-0.3, -0.25) is 24.6 Å². The Morgan fingerprint density at radius 2 is 1.55 bits per heavy atom. The molecule has 0 aromatic heterocycles. The fraction of sp³-hybridized carbons (Fsp3) is 0.366. The SMILES string of the molecule is C[C@H]1[C@@H](CN2CCN(c3ccc([N+](=O)[O-])cc3)CC2)O[C@@H](c2ccc(-c3ccccc3CNC(=O)CCCC(=O)O)cc2)O[C@H]1c1ccc(CO)cc1. The van der Waals surface area contributed by atoms with Crippen molar-refractivity contribution in [1.29, 1.82) is 0 Å². The summed E-state index contributed by atoms with van der Waals surface area (Å²) in [6, 6.07) is 30.6. The maximum Gasteiger partial charge on any atom is 0.303 e. The van der Waals surface area contributed by atoms with E-state index in [4.69, 9.17) is 14.6 Å². The zero-order chi connectivity index (χ0) is 37.3. The standard InChI is InChI=1S/C41H46N4O8/c1-28-37(26-43-21-23-44(24-22-43)34-17-19-35(20-18-34)45(50)51)52-41(53-40(28)31-11-9-29(27-46)10-12-31)32-15-13-30(14-16-32)36-6-3-2-5-33(36)25-42-38(47)7-4-8-39(48)49/h2-3,5-6,9-20,28,37,40-41,46H,4,7-8,21-27H2,1H3,(H,42,47)(H,48,49)/t28-,37+,40+,41+/m0/s1. The van der Waals surface area contributed by atoms with Crippen LogP contribution in [-0.4, -0.2) is 70.7 Å². The second-order valence-electron chi connectivity index (χ2n) is 13.7. The number of piperazine rings is 1. The number of nitro benzene ring substituents is 1. The summed E-state index contributed by atoms with van der Waals surface area (Å²) in [7, 11) is 0. The van der Waals surface area contributed by atoms with Gasteiger partial charge in [0.25, 0.3) is 5.69 Å². The first-order valence-electron chi connectivity index (χ1n) is 18.1. The molecular formula is C41H46N4O8. The van der Waals surface area contributed by atoms with E-state index < -0.39 is 12.3 Å². The molecule has 2 fully saturated rings. The number of non-ortho nitro benzene ring substituents is 1. The summed E-state index contributed by atoms with van der Waals surface area (Å²) in [4.78, 5) is 38.5. The summed E-state index contributed by atoms with van der Waals surface area (Å²) in [5.41, 5.74) is 6.71. The molecule has 12 nitrogen and oxygen atoms in total. The molecule has 2 heterocycles. The van der Waals surface area contributed by atoms with E-state index in [1.54, 1.807) is 12.1 Å². The van der Waals surface area contributed by atoms with E-state index in [9.17, 15) is 24.8 Å². The Kier molecular flexibility index (Phi) is 12.5.